The van der Waals surface area contributed by atoms with Crippen molar-refractivity contribution in [3.8, 4) is 5.69 Å². The highest BCUT2D eigenvalue weighted by atomic mass is 32.1. The van der Waals surface area contributed by atoms with E-state index < -0.39 is 4.92 Å². The van der Waals surface area contributed by atoms with Crippen LogP contribution in [0.4, 0.5) is 11.4 Å². The molecule has 1 saturated heterocycles. The van der Waals surface area contributed by atoms with E-state index in [9.17, 15) is 14.9 Å². The minimum absolute atomic E-state index is 0.0357. The van der Waals surface area contributed by atoms with Gasteiger partial charge in [-0.05, 0) is 37.3 Å². The SMILES string of the molecule is Cc1nn(-c2ccccc2)c2sc(C(=O)N3CCN(c4ccc([N+](=O)[O-])cc4)CC3)cc12. The van der Waals surface area contributed by atoms with E-state index in [2.05, 4.69) is 10.00 Å². The molecule has 1 aliphatic rings. The van der Waals surface area contributed by atoms with E-state index in [1.165, 1.54) is 23.5 Å². The summed E-state index contributed by atoms with van der Waals surface area (Å²) in [5, 5.41) is 16.5. The third-order valence-electron chi connectivity index (χ3n) is 5.75. The molecule has 0 aliphatic carbocycles. The van der Waals surface area contributed by atoms with Crippen LogP contribution >= 0.6 is 11.3 Å². The zero-order chi connectivity index (χ0) is 22.2. The topological polar surface area (TPSA) is 84.5 Å². The Morgan fingerprint density at radius 1 is 1.00 bits per heavy atom. The molecule has 0 radical (unpaired) electrons. The summed E-state index contributed by atoms with van der Waals surface area (Å²) in [4.78, 5) is 29.4. The Morgan fingerprint density at radius 3 is 2.34 bits per heavy atom. The first-order chi connectivity index (χ1) is 15.5. The average molecular weight is 448 g/mol. The van der Waals surface area contributed by atoms with Gasteiger partial charge >= 0.3 is 0 Å². The molecule has 2 aromatic heterocycles. The molecule has 1 aliphatic heterocycles. The maximum absolute atomic E-state index is 13.2. The second-order valence-corrected chi connectivity index (χ2v) is 8.75. The van der Waals surface area contributed by atoms with Crippen LogP contribution in [-0.4, -0.2) is 51.7 Å². The van der Waals surface area contributed by atoms with Crippen LogP contribution in [-0.2, 0) is 0 Å². The van der Waals surface area contributed by atoms with E-state index in [4.69, 9.17) is 0 Å². The van der Waals surface area contributed by atoms with Crippen LogP contribution in [0.1, 0.15) is 15.4 Å². The Morgan fingerprint density at radius 2 is 1.69 bits per heavy atom. The molecule has 8 nitrogen and oxygen atoms in total. The smallest absolute Gasteiger partial charge is 0.269 e. The largest absolute Gasteiger partial charge is 0.368 e. The van der Waals surface area contributed by atoms with E-state index in [1.807, 2.05) is 52.9 Å². The Balaban J connectivity index is 1.31. The lowest BCUT2D eigenvalue weighted by atomic mass is 10.2. The molecule has 0 unspecified atom stereocenters. The summed E-state index contributed by atoms with van der Waals surface area (Å²) in [6.45, 7) is 4.55. The fourth-order valence-corrected chi connectivity index (χ4v) is 5.16. The van der Waals surface area contributed by atoms with Crippen LogP contribution in [0.25, 0.3) is 15.9 Å². The van der Waals surface area contributed by atoms with Crippen molar-refractivity contribution in [2.75, 3.05) is 31.1 Å². The van der Waals surface area contributed by atoms with Gasteiger partial charge in [0.25, 0.3) is 11.6 Å². The molecular weight excluding hydrogens is 426 g/mol. The highest BCUT2D eigenvalue weighted by Crippen LogP contribution is 2.31. The van der Waals surface area contributed by atoms with Crippen molar-refractivity contribution in [2.45, 2.75) is 6.92 Å². The maximum Gasteiger partial charge on any atom is 0.269 e. The summed E-state index contributed by atoms with van der Waals surface area (Å²) in [5.41, 5.74) is 2.89. The number of aromatic nitrogens is 2. The molecule has 0 saturated carbocycles. The minimum atomic E-state index is -0.399. The number of fused-ring (bicyclic) bond motifs is 1. The molecule has 0 N–H and O–H groups in total. The van der Waals surface area contributed by atoms with E-state index in [-0.39, 0.29) is 11.6 Å². The predicted molar refractivity (Wildman–Crippen MR) is 125 cm³/mol. The number of benzene rings is 2. The van der Waals surface area contributed by atoms with E-state index in [1.54, 1.807) is 12.1 Å². The first-order valence-electron chi connectivity index (χ1n) is 10.3. The lowest BCUT2D eigenvalue weighted by Gasteiger charge is -2.35. The van der Waals surface area contributed by atoms with Gasteiger partial charge in [0.2, 0.25) is 0 Å². The number of aryl methyl sites for hydroxylation is 1. The van der Waals surface area contributed by atoms with Crippen molar-refractivity contribution in [1.82, 2.24) is 14.7 Å². The van der Waals surface area contributed by atoms with Gasteiger partial charge < -0.3 is 9.80 Å². The van der Waals surface area contributed by atoms with Crippen molar-refractivity contribution in [2.24, 2.45) is 0 Å². The number of thiophene rings is 1. The number of nitro groups is 1. The molecule has 9 heteroatoms. The zero-order valence-electron chi connectivity index (χ0n) is 17.5. The van der Waals surface area contributed by atoms with Gasteiger partial charge in [0.15, 0.2) is 0 Å². The Bertz CT molecular complexity index is 1290. The summed E-state index contributed by atoms with van der Waals surface area (Å²) in [6.07, 6.45) is 0. The number of amides is 1. The lowest BCUT2D eigenvalue weighted by Crippen LogP contribution is -2.48. The number of anilines is 1. The molecule has 1 fully saturated rings. The van der Waals surface area contributed by atoms with Gasteiger partial charge in [0, 0.05) is 49.4 Å². The molecule has 0 bridgehead atoms. The van der Waals surface area contributed by atoms with E-state index in [0.717, 1.165) is 27.3 Å². The summed E-state index contributed by atoms with van der Waals surface area (Å²) < 4.78 is 1.90. The average Bonchev–Trinajstić information content (AvgIpc) is 3.40. The van der Waals surface area contributed by atoms with Gasteiger partial charge in [0.05, 0.1) is 21.2 Å². The predicted octanol–water partition coefficient (Wildman–Crippen LogP) is 4.27. The van der Waals surface area contributed by atoms with Crippen LogP contribution in [0.2, 0.25) is 0 Å². The van der Waals surface area contributed by atoms with E-state index >= 15 is 0 Å². The van der Waals surface area contributed by atoms with Crippen molar-refractivity contribution < 1.29 is 9.72 Å². The Kier molecular flexibility index (Phi) is 5.10. The summed E-state index contributed by atoms with van der Waals surface area (Å²) in [7, 11) is 0. The lowest BCUT2D eigenvalue weighted by molar-refractivity contribution is -0.384. The van der Waals surface area contributed by atoms with Crippen LogP contribution < -0.4 is 4.90 Å². The maximum atomic E-state index is 13.2. The third-order valence-corrected chi connectivity index (χ3v) is 6.85. The molecule has 4 aromatic rings. The van der Waals surface area contributed by atoms with Crippen LogP contribution in [0, 0.1) is 17.0 Å². The molecule has 5 rings (SSSR count). The van der Waals surface area contributed by atoms with Crippen LogP contribution in [0.3, 0.4) is 0 Å². The van der Waals surface area contributed by atoms with E-state index in [0.29, 0.717) is 31.1 Å². The standard InChI is InChI=1S/C23H21N5O3S/c1-16-20-15-21(32-23(20)27(24-16)18-5-3-2-4-6-18)22(29)26-13-11-25(12-14-26)17-7-9-19(10-8-17)28(30)31/h2-10,15H,11-14H2,1H3. The molecule has 2 aromatic carbocycles. The monoisotopic (exact) mass is 447 g/mol. The molecule has 0 atom stereocenters. The molecule has 3 heterocycles. The highest BCUT2D eigenvalue weighted by molar-refractivity contribution is 7.20. The highest BCUT2D eigenvalue weighted by Gasteiger charge is 2.25. The summed E-state index contributed by atoms with van der Waals surface area (Å²) in [6, 6.07) is 18.4. The van der Waals surface area contributed by atoms with Crippen molar-refractivity contribution >= 4 is 38.8 Å². The Labute approximate surface area is 188 Å². The number of carbonyl (C=O) groups excluding carboxylic acids is 1. The second kappa shape index (κ2) is 8.08. The van der Waals surface area contributed by atoms with Gasteiger partial charge in [-0.3, -0.25) is 14.9 Å². The number of rotatable bonds is 4. The molecular formula is C23H21N5O3S. The van der Waals surface area contributed by atoms with Crippen molar-refractivity contribution in [3.05, 3.63) is 81.3 Å². The van der Waals surface area contributed by atoms with Gasteiger partial charge in [-0.2, -0.15) is 5.10 Å². The molecule has 162 valence electrons. The normalized spacial score (nSPS) is 14.2. The number of hydrogen-bond donors (Lipinski definition) is 0. The fourth-order valence-electron chi connectivity index (χ4n) is 4.01. The van der Waals surface area contributed by atoms with Gasteiger partial charge in [-0.25, -0.2) is 4.68 Å². The van der Waals surface area contributed by atoms with Crippen molar-refractivity contribution in [1.29, 1.82) is 0 Å². The third kappa shape index (κ3) is 3.60. The number of nitro benzene ring substituents is 1. The number of para-hydroxylation sites is 1. The van der Waals surface area contributed by atoms with Gasteiger partial charge in [-0.15, -0.1) is 11.3 Å². The van der Waals surface area contributed by atoms with Crippen LogP contribution in [0.15, 0.2) is 60.7 Å². The molecule has 0 spiro atoms. The fraction of sp³-hybridized carbons (Fsp3) is 0.217. The summed E-state index contributed by atoms with van der Waals surface area (Å²) in [5.74, 6) is 0.0357. The first kappa shape index (κ1) is 20.2. The zero-order valence-corrected chi connectivity index (χ0v) is 18.3. The van der Waals surface area contributed by atoms with Crippen LogP contribution in [0.5, 0.6) is 0 Å². The van der Waals surface area contributed by atoms with Gasteiger partial charge in [0.1, 0.15) is 4.83 Å². The first-order valence-corrected chi connectivity index (χ1v) is 11.2. The number of carbonyl (C=O) groups is 1. The number of non-ortho nitro benzene ring substituents is 1. The number of piperazine rings is 1. The van der Waals surface area contributed by atoms with Crippen molar-refractivity contribution in [3.63, 3.8) is 0 Å². The molecule has 1 amide bonds. The quantitative estimate of drug-likeness (QED) is 0.345. The Hall–Kier alpha value is -3.72. The molecule has 32 heavy (non-hydrogen) atoms. The number of nitrogens with zero attached hydrogens (tertiary/aromatic N) is 5. The summed E-state index contributed by atoms with van der Waals surface area (Å²) >= 11 is 1.47. The minimum Gasteiger partial charge on any atom is -0.368 e. The van der Waals surface area contributed by atoms with Gasteiger partial charge in [-0.1, -0.05) is 18.2 Å². The number of hydrogen-bond acceptors (Lipinski definition) is 6. The second-order valence-electron chi connectivity index (χ2n) is 7.71.